The Bertz CT molecular complexity index is 2550. The van der Waals surface area contributed by atoms with Crippen molar-refractivity contribution in [3.8, 4) is 18.0 Å². The lowest BCUT2D eigenvalue weighted by atomic mass is 10.1. The number of aliphatic carboxylic acids is 1. The monoisotopic (exact) mass is 767 g/mol. The van der Waals surface area contributed by atoms with Gasteiger partial charge >= 0.3 is 18.0 Å². The Morgan fingerprint density at radius 2 is 1.82 bits per heavy atom. The first-order valence-corrected chi connectivity index (χ1v) is 18.1. The van der Waals surface area contributed by atoms with Crippen LogP contribution in [0.25, 0.3) is 27.9 Å². The number of ether oxygens (including phenoxy) is 2. The molecule has 6 aromatic rings. The maximum Gasteiger partial charge on any atom is 0.327 e. The Hall–Kier alpha value is -6.98. The lowest BCUT2D eigenvalue weighted by molar-refractivity contribution is -0.152. The molecular formula is C35H33N11O8S. The molecule has 3 aromatic heterocycles. The number of benzene rings is 3. The van der Waals surface area contributed by atoms with Crippen LogP contribution in [0.3, 0.4) is 0 Å². The van der Waals surface area contributed by atoms with Crippen LogP contribution in [-0.4, -0.2) is 77.5 Å². The van der Waals surface area contributed by atoms with Crippen molar-refractivity contribution in [2.45, 2.75) is 24.8 Å². The lowest BCUT2D eigenvalue weighted by Crippen LogP contribution is -2.22. The van der Waals surface area contributed by atoms with Crippen molar-refractivity contribution in [2.24, 2.45) is 16.1 Å². The molecule has 0 radical (unpaired) electrons. The number of rotatable bonds is 16. The van der Waals surface area contributed by atoms with Crippen LogP contribution in [0.2, 0.25) is 0 Å². The summed E-state index contributed by atoms with van der Waals surface area (Å²) < 4.78 is 46.8. The van der Waals surface area contributed by atoms with Crippen LogP contribution in [0, 0.1) is 17.2 Å². The first kappa shape index (κ1) is 37.8. The van der Waals surface area contributed by atoms with Crippen LogP contribution >= 0.6 is 0 Å². The second-order valence-electron chi connectivity index (χ2n) is 11.8. The average molecular weight is 768 g/mol. The molecule has 0 aliphatic carbocycles. The number of carbonyl (C=O) groups excluding carboxylic acids is 1. The molecule has 0 aliphatic heterocycles. The molecule has 1 atom stereocenters. The quantitative estimate of drug-likeness (QED) is 0.0418. The van der Waals surface area contributed by atoms with Gasteiger partial charge in [0.25, 0.3) is 10.0 Å². The number of methoxy groups -OCH3 is 1. The topological polar surface area (TPSA) is 261 Å². The fourth-order valence-electron chi connectivity index (χ4n) is 5.25. The van der Waals surface area contributed by atoms with E-state index in [2.05, 4.69) is 45.6 Å². The van der Waals surface area contributed by atoms with Crippen molar-refractivity contribution in [3.05, 3.63) is 72.3 Å². The summed E-state index contributed by atoms with van der Waals surface area (Å²) in [6.45, 7) is 1.45. The summed E-state index contributed by atoms with van der Waals surface area (Å²) in [5.74, 6) is -3.19. The van der Waals surface area contributed by atoms with Crippen molar-refractivity contribution in [2.75, 3.05) is 37.9 Å². The number of azo groups is 1. The zero-order chi connectivity index (χ0) is 39.1. The highest BCUT2D eigenvalue weighted by atomic mass is 32.2. The van der Waals surface area contributed by atoms with Gasteiger partial charge in [-0.3, -0.25) is 9.59 Å². The lowest BCUT2D eigenvalue weighted by Gasteiger charge is -2.15. The molecule has 55 heavy (non-hydrogen) atoms. The molecular weight excluding hydrogens is 735 g/mol. The smallest absolute Gasteiger partial charge is 0.327 e. The van der Waals surface area contributed by atoms with Crippen LogP contribution in [0.1, 0.15) is 25.3 Å². The molecule has 19 nitrogen and oxygen atoms in total. The molecule has 0 bridgehead atoms. The normalized spacial score (nSPS) is 12.1. The van der Waals surface area contributed by atoms with Gasteiger partial charge in [0.1, 0.15) is 11.6 Å². The van der Waals surface area contributed by atoms with E-state index in [1.54, 1.807) is 30.3 Å². The van der Waals surface area contributed by atoms with E-state index in [-0.39, 0.29) is 66.7 Å². The molecule has 4 N–H and O–H groups in total. The molecule has 1 unspecified atom stereocenters. The molecule has 0 fully saturated rings. The number of nitrogens with zero attached hydrogens (tertiary/aromatic N) is 8. The van der Waals surface area contributed by atoms with E-state index < -0.39 is 32.9 Å². The molecule has 0 spiro atoms. The first-order valence-electron chi connectivity index (χ1n) is 16.6. The van der Waals surface area contributed by atoms with Gasteiger partial charge in [0.15, 0.2) is 22.7 Å². The fourth-order valence-corrected chi connectivity index (χ4v) is 6.04. The van der Waals surface area contributed by atoms with Gasteiger partial charge in [0.2, 0.25) is 22.7 Å². The number of nitriles is 1. The molecule has 3 heterocycles. The minimum atomic E-state index is -4.34. The highest BCUT2D eigenvalue weighted by Gasteiger charge is 2.27. The van der Waals surface area contributed by atoms with Crippen molar-refractivity contribution in [1.29, 1.82) is 5.26 Å². The summed E-state index contributed by atoms with van der Waals surface area (Å²) in [7, 11) is -1.83. The molecule has 3 aromatic carbocycles. The van der Waals surface area contributed by atoms with Crippen LogP contribution in [0.5, 0.6) is 5.88 Å². The first-order chi connectivity index (χ1) is 26.5. The maximum atomic E-state index is 13.5. The van der Waals surface area contributed by atoms with Gasteiger partial charge in [0, 0.05) is 12.2 Å². The number of carboxylic acids is 1. The predicted molar refractivity (Wildman–Crippen MR) is 198 cm³/mol. The Morgan fingerprint density at radius 3 is 2.55 bits per heavy atom. The Kier molecular flexibility index (Phi) is 11.2. The number of oxazole rings is 1. The number of esters is 1. The van der Waals surface area contributed by atoms with Crippen molar-refractivity contribution < 1.29 is 37.0 Å². The van der Waals surface area contributed by atoms with Gasteiger partial charge in [-0.1, -0.05) is 49.4 Å². The van der Waals surface area contributed by atoms with Crippen LogP contribution in [-0.2, 0) is 24.3 Å². The maximum absolute atomic E-state index is 13.5. The summed E-state index contributed by atoms with van der Waals surface area (Å²) >= 11 is 0. The van der Waals surface area contributed by atoms with E-state index in [1.165, 1.54) is 21.1 Å². The van der Waals surface area contributed by atoms with E-state index in [9.17, 15) is 23.3 Å². The third-order valence-electron chi connectivity index (χ3n) is 7.96. The molecule has 0 saturated heterocycles. The van der Waals surface area contributed by atoms with Crippen molar-refractivity contribution in [1.82, 2.24) is 29.5 Å². The zero-order valence-electron chi connectivity index (χ0n) is 29.5. The number of nitrogens with one attached hydrogen (secondary N) is 3. The largest absolute Gasteiger partial charge is 0.481 e. The molecule has 0 saturated carbocycles. The van der Waals surface area contributed by atoms with E-state index in [0.717, 1.165) is 15.5 Å². The van der Waals surface area contributed by atoms with E-state index in [4.69, 9.17) is 19.0 Å². The number of aromatic nitrogens is 5. The summed E-state index contributed by atoms with van der Waals surface area (Å²) in [5.41, 5.74) is 1.03. The van der Waals surface area contributed by atoms with E-state index in [0.29, 0.717) is 16.8 Å². The Morgan fingerprint density at radius 1 is 1.05 bits per heavy atom. The van der Waals surface area contributed by atoms with Crippen molar-refractivity contribution >= 4 is 72.8 Å². The molecule has 0 aliphatic rings. The number of hydrogen-bond donors (Lipinski definition) is 4. The highest BCUT2D eigenvalue weighted by molar-refractivity contribution is 7.89. The zero-order valence-corrected chi connectivity index (χ0v) is 30.4. The number of fused-ring (bicyclic) bond motifs is 2. The van der Waals surface area contributed by atoms with E-state index >= 15 is 0 Å². The number of anilines is 3. The fraction of sp³-hybridized carbons (Fsp3) is 0.229. The minimum absolute atomic E-state index is 0.0256. The molecule has 282 valence electrons. The second-order valence-corrected chi connectivity index (χ2v) is 13.6. The van der Waals surface area contributed by atoms with Crippen LogP contribution in [0.15, 0.2) is 86.4 Å². The molecule has 20 heteroatoms. The summed E-state index contributed by atoms with van der Waals surface area (Å²) in [5, 5.41) is 39.1. The number of sulfonamides is 1. The van der Waals surface area contributed by atoms with Gasteiger partial charge in [-0.05, 0) is 48.5 Å². The SMILES string of the molecule is CNS(=O)(=O)c1nc(Nc2ccc3ccccc3c2)nc(NCCCOC(=O)C(C)CC(=O)O)c1N=Nc1nn(-c2nc3ccccc3o2)c(OC)c1C#N. The third-order valence-corrected chi connectivity index (χ3v) is 9.29. The van der Waals surface area contributed by atoms with Crippen molar-refractivity contribution in [3.63, 3.8) is 0 Å². The van der Waals surface area contributed by atoms with Gasteiger partial charge in [0.05, 0.1) is 26.1 Å². The predicted octanol–water partition coefficient (Wildman–Crippen LogP) is 5.36. The van der Waals surface area contributed by atoms with Crippen LogP contribution < -0.4 is 20.1 Å². The standard InChI is InChI=1S/C35H33N11O8S/c1-20(17-27(47)48)33(49)53-16-8-15-38-30-28(31(55(50,51)37-2)42-34(41-30)39-23-14-13-21-9-4-5-10-22(21)18-23)43-44-29-24(19-36)32(52-3)46(45-29)35-40-25-11-6-7-12-26(25)54-35/h4-7,9-14,18,20,37H,8,15-17H2,1-3H3,(H,47,48)(H2,38,39,41,42). The summed E-state index contributed by atoms with van der Waals surface area (Å²) in [6, 6.07) is 22.1. The second kappa shape index (κ2) is 16.4. The third kappa shape index (κ3) is 8.48. The van der Waals surface area contributed by atoms with Gasteiger partial charge in [-0.25, -0.2) is 13.1 Å². The Balaban J connectivity index is 1.38. The number of hydrogen-bond acceptors (Lipinski definition) is 16. The number of para-hydroxylation sites is 2. The van der Waals surface area contributed by atoms with Gasteiger partial charge < -0.3 is 29.6 Å². The Labute approximate surface area is 313 Å². The molecule has 0 amide bonds. The highest BCUT2D eigenvalue weighted by Crippen LogP contribution is 2.36. The average Bonchev–Trinajstić information content (AvgIpc) is 3.77. The van der Waals surface area contributed by atoms with Crippen LogP contribution in [0.4, 0.5) is 29.0 Å². The number of carbonyl (C=O) groups is 2. The summed E-state index contributed by atoms with van der Waals surface area (Å²) in [6.07, 6.45) is -0.174. The van der Waals surface area contributed by atoms with Gasteiger partial charge in [-0.2, -0.15) is 20.2 Å². The van der Waals surface area contributed by atoms with E-state index in [1.807, 2.05) is 42.5 Å². The van der Waals surface area contributed by atoms with Gasteiger partial charge in [-0.15, -0.1) is 20.0 Å². The number of carboxylic acid groups (broad SMARTS) is 1. The minimum Gasteiger partial charge on any atom is -0.481 e. The molecule has 6 rings (SSSR count). The summed E-state index contributed by atoms with van der Waals surface area (Å²) in [4.78, 5) is 36.4.